The number of hydrogen-bond donors (Lipinski definition) is 1. The van der Waals surface area contributed by atoms with Gasteiger partial charge in [0.1, 0.15) is 5.75 Å². The molecular formula is C17H26N2O4S. The van der Waals surface area contributed by atoms with Gasteiger partial charge in [0.15, 0.2) is 0 Å². The highest BCUT2D eigenvalue weighted by Gasteiger charge is 2.24. The SMILES string of the molecule is CCOc1ccc(S(=O)(=O)NCCN(C(C)=O)C2CCCC2)cc1. The Balaban J connectivity index is 1.92. The fourth-order valence-electron chi connectivity index (χ4n) is 3.08. The number of carbonyl (C=O) groups is 1. The Morgan fingerprint density at radius 2 is 1.88 bits per heavy atom. The van der Waals surface area contributed by atoms with Crippen LogP contribution in [0.5, 0.6) is 5.75 Å². The van der Waals surface area contributed by atoms with Crippen molar-refractivity contribution in [3.8, 4) is 5.75 Å². The van der Waals surface area contributed by atoms with Gasteiger partial charge in [-0.2, -0.15) is 0 Å². The van der Waals surface area contributed by atoms with E-state index in [1.807, 2.05) is 6.92 Å². The van der Waals surface area contributed by atoms with Gasteiger partial charge >= 0.3 is 0 Å². The summed E-state index contributed by atoms with van der Waals surface area (Å²) in [6, 6.07) is 6.56. The van der Waals surface area contributed by atoms with Gasteiger partial charge < -0.3 is 9.64 Å². The van der Waals surface area contributed by atoms with Crippen LogP contribution in [0.1, 0.15) is 39.5 Å². The summed E-state index contributed by atoms with van der Waals surface area (Å²) in [5, 5.41) is 0. The maximum Gasteiger partial charge on any atom is 0.240 e. The third kappa shape index (κ3) is 4.95. The maximum atomic E-state index is 12.3. The average Bonchev–Trinajstić information content (AvgIpc) is 3.06. The molecular weight excluding hydrogens is 328 g/mol. The van der Waals surface area contributed by atoms with E-state index in [-0.39, 0.29) is 23.4 Å². The summed E-state index contributed by atoms with van der Waals surface area (Å²) in [7, 11) is -3.58. The zero-order valence-corrected chi connectivity index (χ0v) is 15.1. The molecule has 0 spiro atoms. The second-order valence-electron chi connectivity index (χ2n) is 5.95. The van der Waals surface area contributed by atoms with E-state index in [1.54, 1.807) is 24.0 Å². The summed E-state index contributed by atoms with van der Waals surface area (Å²) >= 11 is 0. The highest BCUT2D eigenvalue weighted by Crippen LogP contribution is 2.23. The topological polar surface area (TPSA) is 75.7 Å². The van der Waals surface area contributed by atoms with Crippen molar-refractivity contribution in [1.29, 1.82) is 0 Å². The van der Waals surface area contributed by atoms with E-state index >= 15 is 0 Å². The van der Waals surface area contributed by atoms with Crippen molar-refractivity contribution in [2.45, 2.75) is 50.5 Å². The Labute approximate surface area is 144 Å². The van der Waals surface area contributed by atoms with E-state index < -0.39 is 10.0 Å². The Morgan fingerprint density at radius 1 is 1.25 bits per heavy atom. The molecule has 24 heavy (non-hydrogen) atoms. The van der Waals surface area contributed by atoms with Crippen LogP contribution in [-0.2, 0) is 14.8 Å². The number of sulfonamides is 1. The van der Waals surface area contributed by atoms with Crippen LogP contribution in [0.3, 0.4) is 0 Å². The molecule has 7 heteroatoms. The molecule has 0 aromatic heterocycles. The Hall–Kier alpha value is -1.60. The van der Waals surface area contributed by atoms with Gasteiger partial charge in [0.05, 0.1) is 11.5 Å². The van der Waals surface area contributed by atoms with Crippen molar-refractivity contribution in [1.82, 2.24) is 9.62 Å². The maximum absolute atomic E-state index is 12.3. The Bertz CT molecular complexity index is 637. The van der Waals surface area contributed by atoms with Crippen LogP contribution in [0, 0.1) is 0 Å². The van der Waals surface area contributed by atoms with Crippen molar-refractivity contribution in [3.05, 3.63) is 24.3 Å². The summed E-state index contributed by atoms with van der Waals surface area (Å²) in [6.45, 7) is 4.56. The smallest absolute Gasteiger partial charge is 0.240 e. The number of ether oxygens (including phenoxy) is 1. The highest BCUT2D eigenvalue weighted by atomic mass is 32.2. The second-order valence-corrected chi connectivity index (χ2v) is 7.72. The quantitative estimate of drug-likeness (QED) is 0.776. The van der Waals surface area contributed by atoms with Crippen LogP contribution in [0.25, 0.3) is 0 Å². The zero-order chi connectivity index (χ0) is 17.6. The monoisotopic (exact) mass is 354 g/mol. The molecule has 1 amide bonds. The molecule has 0 unspecified atom stereocenters. The van der Waals surface area contributed by atoms with E-state index in [0.29, 0.717) is 18.9 Å². The number of hydrogen-bond acceptors (Lipinski definition) is 4. The largest absolute Gasteiger partial charge is 0.494 e. The van der Waals surface area contributed by atoms with E-state index in [9.17, 15) is 13.2 Å². The number of rotatable bonds is 8. The summed E-state index contributed by atoms with van der Waals surface area (Å²) in [5.41, 5.74) is 0. The first-order valence-electron chi connectivity index (χ1n) is 8.44. The van der Waals surface area contributed by atoms with Crippen LogP contribution >= 0.6 is 0 Å². The number of nitrogens with zero attached hydrogens (tertiary/aromatic N) is 1. The molecule has 0 bridgehead atoms. The van der Waals surface area contributed by atoms with Crippen LogP contribution in [0.4, 0.5) is 0 Å². The zero-order valence-electron chi connectivity index (χ0n) is 14.3. The molecule has 1 saturated carbocycles. The van der Waals surface area contributed by atoms with Gasteiger partial charge in [0, 0.05) is 26.1 Å². The lowest BCUT2D eigenvalue weighted by molar-refractivity contribution is -0.130. The molecule has 0 heterocycles. The van der Waals surface area contributed by atoms with E-state index in [2.05, 4.69) is 4.72 Å². The van der Waals surface area contributed by atoms with Crippen molar-refractivity contribution in [2.24, 2.45) is 0 Å². The lowest BCUT2D eigenvalue weighted by Gasteiger charge is -2.27. The minimum absolute atomic E-state index is 0.00200. The van der Waals surface area contributed by atoms with Gasteiger partial charge in [-0.05, 0) is 44.0 Å². The molecule has 1 aliphatic carbocycles. The molecule has 1 aliphatic rings. The Kier molecular flexibility index (Phi) is 6.62. The van der Waals surface area contributed by atoms with Crippen molar-refractivity contribution in [3.63, 3.8) is 0 Å². The minimum atomic E-state index is -3.58. The normalized spacial score (nSPS) is 15.4. The second kappa shape index (κ2) is 8.48. The first kappa shape index (κ1) is 18.7. The first-order valence-corrected chi connectivity index (χ1v) is 9.92. The van der Waals surface area contributed by atoms with Crippen molar-refractivity contribution >= 4 is 15.9 Å². The fourth-order valence-corrected chi connectivity index (χ4v) is 4.10. The summed E-state index contributed by atoms with van der Waals surface area (Å²) in [5.74, 6) is 0.641. The average molecular weight is 354 g/mol. The molecule has 0 radical (unpaired) electrons. The number of amides is 1. The van der Waals surface area contributed by atoms with Gasteiger partial charge in [0.2, 0.25) is 15.9 Å². The molecule has 1 aromatic carbocycles. The number of benzene rings is 1. The fraction of sp³-hybridized carbons (Fsp3) is 0.588. The Morgan fingerprint density at radius 3 is 2.42 bits per heavy atom. The van der Waals surface area contributed by atoms with E-state index in [1.165, 1.54) is 12.1 Å². The van der Waals surface area contributed by atoms with E-state index in [0.717, 1.165) is 25.7 Å². The lowest BCUT2D eigenvalue weighted by atomic mass is 10.2. The summed E-state index contributed by atoms with van der Waals surface area (Å²) in [4.78, 5) is 13.8. The minimum Gasteiger partial charge on any atom is -0.494 e. The summed E-state index contributed by atoms with van der Waals surface area (Å²) < 4.78 is 32.5. The predicted octanol–water partition coefficient (Wildman–Crippen LogP) is 2.15. The first-order chi connectivity index (χ1) is 11.4. The molecule has 1 aromatic rings. The molecule has 6 nitrogen and oxygen atoms in total. The molecule has 0 saturated heterocycles. The molecule has 1 N–H and O–H groups in total. The molecule has 134 valence electrons. The van der Waals surface area contributed by atoms with Gasteiger partial charge in [-0.25, -0.2) is 13.1 Å². The molecule has 2 rings (SSSR count). The third-order valence-electron chi connectivity index (χ3n) is 4.26. The lowest BCUT2D eigenvalue weighted by Crippen LogP contribution is -2.42. The van der Waals surface area contributed by atoms with Crippen molar-refractivity contribution < 1.29 is 17.9 Å². The van der Waals surface area contributed by atoms with Gasteiger partial charge in [-0.15, -0.1) is 0 Å². The van der Waals surface area contributed by atoms with Gasteiger partial charge in [-0.1, -0.05) is 12.8 Å². The third-order valence-corrected chi connectivity index (χ3v) is 5.74. The van der Waals surface area contributed by atoms with Crippen molar-refractivity contribution in [2.75, 3.05) is 19.7 Å². The van der Waals surface area contributed by atoms with Crippen LogP contribution < -0.4 is 9.46 Å². The van der Waals surface area contributed by atoms with E-state index in [4.69, 9.17) is 4.74 Å². The van der Waals surface area contributed by atoms with Crippen LogP contribution in [-0.4, -0.2) is 45.0 Å². The van der Waals surface area contributed by atoms with Crippen LogP contribution in [0.2, 0.25) is 0 Å². The van der Waals surface area contributed by atoms with Gasteiger partial charge in [-0.3, -0.25) is 4.79 Å². The highest BCUT2D eigenvalue weighted by molar-refractivity contribution is 7.89. The number of nitrogens with one attached hydrogen (secondary N) is 1. The van der Waals surface area contributed by atoms with Crippen LogP contribution in [0.15, 0.2) is 29.2 Å². The number of carbonyl (C=O) groups excluding carboxylic acids is 1. The predicted molar refractivity (Wildman–Crippen MR) is 92.4 cm³/mol. The summed E-state index contributed by atoms with van der Waals surface area (Å²) in [6.07, 6.45) is 4.27. The molecule has 1 fully saturated rings. The molecule has 0 atom stereocenters. The van der Waals surface area contributed by atoms with Gasteiger partial charge in [0.25, 0.3) is 0 Å². The standard InChI is InChI=1S/C17H26N2O4S/c1-3-23-16-8-10-17(11-9-16)24(21,22)18-12-13-19(14(2)20)15-6-4-5-7-15/h8-11,15,18H,3-7,12-13H2,1-2H3. The molecule has 0 aliphatic heterocycles.